The van der Waals surface area contributed by atoms with E-state index < -0.39 is 23.9 Å². The van der Waals surface area contributed by atoms with Crippen LogP contribution in [0.1, 0.15) is 30.2 Å². The lowest BCUT2D eigenvalue weighted by molar-refractivity contribution is -0.142. The first-order valence-electron chi connectivity index (χ1n) is 12.1. The van der Waals surface area contributed by atoms with Gasteiger partial charge in [0, 0.05) is 18.7 Å². The van der Waals surface area contributed by atoms with E-state index in [4.69, 9.17) is 4.52 Å². The van der Waals surface area contributed by atoms with Crippen molar-refractivity contribution in [3.05, 3.63) is 72.1 Å². The molecule has 1 fully saturated rings. The molecule has 9 nitrogen and oxygen atoms in total. The van der Waals surface area contributed by atoms with Crippen molar-refractivity contribution < 1.29 is 27.6 Å². The number of carbonyl (C=O) groups excluding carboxylic acids is 1. The van der Waals surface area contributed by atoms with Crippen LogP contribution < -0.4 is 5.32 Å². The molecular weight excluding hydrogens is 501 g/mol. The molecule has 1 aliphatic rings. The lowest BCUT2D eigenvalue weighted by atomic mass is 10.1. The molecule has 12 heteroatoms. The topological polar surface area (TPSA) is 109 Å². The minimum absolute atomic E-state index is 0.0525. The van der Waals surface area contributed by atoms with Crippen molar-refractivity contribution in [3.8, 4) is 28.5 Å². The van der Waals surface area contributed by atoms with Gasteiger partial charge in [0.15, 0.2) is 11.8 Å². The van der Waals surface area contributed by atoms with Crippen LogP contribution in [0.25, 0.3) is 28.5 Å². The SMILES string of the molecule is O=C(NCCN1CCCC1)C(O)c1ccc(-c2noc(-c3cnn(-c4ccccc4)c3C(F)(F)F)n2)cc1. The van der Waals surface area contributed by atoms with Crippen LogP contribution in [-0.2, 0) is 11.0 Å². The Bertz CT molecular complexity index is 1380. The lowest BCUT2D eigenvalue weighted by Crippen LogP contribution is -2.36. The summed E-state index contributed by atoms with van der Waals surface area (Å²) in [5.74, 6) is -0.790. The van der Waals surface area contributed by atoms with Gasteiger partial charge in [0.25, 0.3) is 11.8 Å². The summed E-state index contributed by atoms with van der Waals surface area (Å²) in [5, 5.41) is 20.9. The number of alkyl halides is 3. The molecule has 2 aromatic carbocycles. The summed E-state index contributed by atoms with van der Waals surface area (Å²) >= 11 is 0. The van der Waals surface area contributed by atoms with Gasteiger partial charge in [-0.15, -0.1) is 0 Å². The number of aliphatic hydroxyl groups is 1. The van der Waals surface area contributed by atoms with E-state index in [0.717, 1.165) is 43.4 Å². The Balaban J connectivity index is 1.30. The number of hydrogen-bond acceptors (Lipinski definition) is 7. The van der Waals surface area contributed by atoms with E-state index in [2.05, 4.69) is 25.5 Å². The van der Waals surface area contributed by atoms with Gasteiger partial charge in [-0.2, -0.15) is 23.3 Å². The molecule has 0 aliphatic carbocycles. The van der Waals surface area contributed by atoms with Crippen LogP contribution in [0.15, 0.2) is 65.3 Å². The zero-order chi connectivity index (χ0) is 26.7. The number of aliphatic hydroxyl groups excluding tert-OH is 1. The summed E-state index contributed by atoms with van der Waals surface area (Å²) < 4.78 is 47.9. The molecule has 38 heavy (non-hydrogen) atoms. The third kappa shape index (κ3) is 5.46. The molecule has 2 aromatic heterocycles. The second-order valence-electron chi connectivity index (χ2n) is 8.94. The van der Waals surface area contributed by atoms with Crippen LogP contribution in [0.4, 0.5) is 13.2 Å². The number of amides is 1. The summed E-state index contributed by atoms with van der Waals surface area (Å²) in [5.41, 5.74) is -0.347. The van der Waals surface area contributed by atoms with Gasteiger partial charge in [0.2, 0.25) is 5.82 Å². The van der Waals surface area contributed by atoms with Gasteiger partial charge in [-0.05, 0) is 43.6 Å². The molecule has 1 saturated heterocycles. The van der Waals surface area contributed by atoms with Gasteiger partial charge < -0.3 is 19.8 Å². The zero-order valence-corrected chi connectivity index (χ0v) is 20.2. The minimum Gasteiger partial charge on any atom is -0.378 e. The average Bonchev–Trinajstić information content (AvgIpc) is 3.69. The van der Waals surface area contributed by atoms with Gasteiger partial charge >= 0.3 is 6.18 Å². The molecule has 1 unspecified atom stereocenters. The van der Waals surface area contributed by atoms with Crippen LogP contribution in [0.5, 0.6) is 0 Å². The van der Waals surface area contributed by atoms with Crippen molar-refractivity contribution in [1.29, 1.82) is 0 Å². The van der Waals surface area contributed by atoms with E-state index in [1.165, 1.54) is 24.3 Å². The van der Waals surface area contributed by atoms with Crippen molar-refractivity contribution in [1.82, 2.24) is 30.1 Å². The average molecular weight is 527 g/mol. The fourth-order valence-corrected chi connectivity index (χ4v) is 4.40. The molecule has 0 bridgehead atoms. The standard InChI is InChI=1S/C26H25F3N6O3/c27-26(28,29)22-20(16-31-35(22)19-6-2-1-3-7-19)25-32-23(33-38-25)18-10-8-17(9-11-18)21(36)24(37)30-12-15-34-13-4-5-14-34/h1-3,6-11,16,21,36H,4-5,12-15H2,(H,30,37). The molecule has 1 aliphatic heterocycles. The first-order chi connectivity index (χ1) is 18.3. The highest BCUT2D eigenvalue weighted by atomic mass is 19.4. The number of hydrogen-bond donors (Lipinski definition) is 2. The number of nitrogens with zero attached hydrogens (tertiary/aromatic N) is 5. The third-order valence-corrected chi connectivity index (χ3v) is 6.35. The van der Waals surface area contributed by atoms with E-state index in [0.29, 0.717) is 17.7 Å². The number of aromatic nitrogens is 4. The molecule has 0 radical (unpaired) electrons. The maximum absolute atomic E-state index is 14.0. The Morgan fingerprint density at radius 2 is 1.79 bits per heavy atom. The Labute approximate surface area is 215 Å². The molecule has 0 spiro atoms. The maximum Gasteiger partial charge on any atom is 0.434 e. The molecule has 1 amide bonds. The van der Waals surface area contributed by atoms with E-state index in [1.807, 2.05) is 0 Å². The molecule has 1 atom stereocenters. The molecule has 2 N–H and O–H groups in total. The van der Waals surface area contributed by atoms with E-state index in [9.17, 15) is 23.1 Å². The molecule has 5 rings (SSSR count). The van der Waals surface area contributed by atoms with Crippen LogP contribution in [0.2, 0.25) is 0 Å². The lowest BCUT2D eigenvalue weighted by Gasteiger charge is -2.16. The van der Waals surface area contributed by atoms with Crippen molar-refractivity contribution in [3.63, 3.8) is 0 Å². The second-order valence-corrected chi connectivity index (χ2v) is 8.94. The fraction of sp³-hybridized carbons (Fsp3) is 0.308. The highest BCUT2D eigenvalue weighted by Crippen LogP contribution is 2.38. The number of benzene rings is 2. The predicted octanol–water partition coefficient (Wildman–Crippen LogP) is 3.85. The number of rotatable bonds is 8. The third-order valence-electron chi connectivity index (χ3n) is 6.35. The Morgan fingerprint density at radius 1 is 1.08 bits per heavy atom. The van der Waals surface area contributed by atoms with Crippen molar-refractivity contribution in [2.45, 2.75) is 25.1 Å². The summed E-state index contributed by atoms with van der Waals surface area (Å²) in [6, 6.07) is 14.1. The number of carbonyl (C=O) groups is 1. The number of likely N-dealkylation sites (tertiary alicyclic amines) is 1. The molecular formula is C26H25F3N6O3. The zero-order valence-electron chi connectivity index (χ0n) is 20.2. The summed E-state index contributed by atoms with van der Waals surface area (Å²) in [6.45, 7) is 3.22. The van der Waals surface area contributed by atoms with Gasteiger partial charge in [-0.1, -0.05) is 47.6 Å². The van der Waals surface area contributed by atoms with Gasteiger partial charge in [-0.25, -0.2) is 4.68 Å². The molecule has 3 heterocycles. The fourth-order valence-electron chi connectivity index (χ4n) is 4.40. The van der Waals surface area contributed by atoms with Gasteiger partial charge in [0.1, 0.15) is 0 Å². The van der Waals surface area contributed by atoms with Crippen molar-refractivity contribution >= 4 is 5.91 Å². The Kier molecular flexibility index (Phi) is 7.25. The summed E-state index contributed by atoms with van der Waals surface area (Å²) in [7, 11) is 0. The normalized spacial score (nSPS) is 15.1. The number of para-hydroxylation sites is 1. The minimum atomic E-state index is -4.73. The van der Waals surface area contributed by atoms with Crippen LogP contribution in [0.3, 0.4) is 0 Å². The van der Waals surface area contributed by atoms with Gasteiger partial charge in [0.05, 0.1) is 17.4 Å². The van der Waals surface area contributed by atoms with Crippen LogP contribution >= 0.6 is 0 Å². The van der Waals surface area contributed by atoms with E-state index in [1.54, 1.807) is 30.3 Å². The van der Waals surface area contributed by atoms with Crippen LogP contribution in [-0.4, -0.2) is 62.0 Å². The highest BCUT2D eigenvalue weighted by molar-refractivity contribution is 5.82. The maximum atomic E-state index is 14.0. The molecule has 4 aromatic rings. The first-order valence-corrected chi connectivity index (χ1v) is 12.1. The first kappa shape index (κ1) is 25.6. The highest BCUT2D eigenvalue weighted by Gasteiger charge is 2.40. The van der Waals surface area contributed by atoms with E-state index >= 15 is 0 Å². The molecule has 198 valence electrons. The van der Waals surface area contributed by atoms with Crippen LogP contribution in [0, 0.1) is 0 Å². The Morgan fingerprint density at radius 3 is 2.47 bits per heavy atom. The van der Waals surface area contributed by atoms with E-state index in [-0.39, 0.29) is 23.0 Å². The van der Waals surface area contributed by atoms with Crippen molar-refractivity contribution in [2.75, 3.05) is 26.2 Å². The van der Waals surface area contributed by atoms with Gasteiger partial charge in [-0.3, -0.25) is 4.79 Å². The smallest absolute Gasteiger partial charge is 0.378 e. The van der Waals surface area contributed by atoms with Crippen molar-refractivity contribution in [2.24, 2.45) is 0 Å². The monoisotopic (exact) mass is 526 g/mol. The molecule has 0 saturated carbocycles. The predicted molar refractivity (Wildman–Crippen MR) is 131 cm³/mol. The number of nitrogens with one attached hydrogen (secondary N) is 1. The summed E-state index contributed by atoms with van der Waals surface area (Å²) in [4.78, 5) is 18.7. The number of halogens is 3. The Hall–Kier alpha value is -4.03. The quantitative estimate of drug-likeness (QED) is 0.359. The largest absolute Gasteiger partial charge is 0.434 e. The summed E-state index contributed by atoms with van der Waals surface area (Å²) in [6.07, 6.45) is -2.74. The second kappa shape index (κ2) is 10.8.